The van der Waals surface area contributed by atoms with Crippen LogP contribution in [0.1, 0.15) is 19.8 Å². The Kier molecular flexibility index (Phi) is 4.26. The summed E-state index contributed by atoms with van der Waals surface area (Å²) in [5.74, 6) is -0.121. The van der Waals surface area contributed by atoms with E-state index in [1.807, 2.05) is 4.90 Å². The van der Waals surface area contributed by atoms with Gasteiger partial charge in [-0.05, 0) is 6.92 Å². The molecule has 0 bridgehead atoms. The van der Waals surface area contributed by atoms with Crippen molar-refractivity contribution in [2.45, 2.75) is 19.8 Å². The standard InChI is InChI=1S/C12H18N4O3/c1-9(17)8-15-4-6-16(7-5-15)12(19)10-2-3-11(18)14-13-10/h2-8H2,1H3,(H,14,18). The first kappa shape index (κ1) is 13.7. The Bertz CT molecular complexity index is 425. The lowest BCUT2D eigenvalue weighted by Crippen LogP contribution is -2.52. The van der Waals surface area contributed by atoms with E-state index in [9.17, 15) is 14.4 Å². The number of hydrogen-bond donors (Lipinski definition) is 1. The van der Waals surface area contributed by atoms with Crippen LogP contribution in [0.4, 0.5) is 0 Å². The molecule has 0 saturated carbocycles. The molecule has 0 aromatic rings. The maximum absolute atomic E-state index is 12.1. The third-order valence-corrected chi connectivity index (χ3v) is 3.26. The van der Waals surface area contributed by atoms with Gasteiger partial charge in [-0.2, -0.15) is 5.10 Å². The third-order valence-electron chi connectivity index (χ3n) is 3.26. The van der Waals surface area contributed by atoms with Gasteiger partial charge < -0.3 is 4.90 Å². The molecule has 0 aromatic carbocycles. The van der Waals surface area contributed by atoms with E-state index in [0.717, 1.165) is 0 Å². The summed E-state index contributed by atoms with van der Waals surface area (Å²) in [5.41, 5.74) is 2.75. The van der Waals surface area contributed by atoms with Crippen LogP contribution in [0.3, 0.4) is 0 Å². The summed E-state index contributed by atoms with van der Waals surface area (Å²) in [7, 11) is 0. The van der Waals surface area contributed by atoms with Gasteiger partial charge in [0.15, 0.2) is 0 Å². The third kappa shape index (κ3) is 3.60. The minimum absolute atomic E-state index is 0.109. The van der Waals surface area contributed by atoms with Crippen molar-refractivity contribution < 1.29 is 14.4 Å². The van der Waals surface area contributed by atoms with E-state index in [0.29, 0.717) is 51.3 Å². The monoisotopic (exact) mass is 266 g/mol. The average Bonchev–Trinajstić information content (AvgIpc) is 2.39. The molecule has 0 radical (unpaired) electrons. The van der Waals surface area contributed by atoms with Crippen LogP contribution in [0.2, 0.25) is 0 Å². The molecule has 2 rings (SSSR count). The summed E-state index contributed by atoms with van der Waals surface area (Å²) in [5, 5.41) is 3.81. The minimum Gasteiger partial charge on any atom is -0.335 e. The lowest BCUT2D eigenvalue weighted by molar-refractivity contribution is -0.126. The second-order valence-electron chi connectivity index (χ2n) is 4.86. The average molecular weight is 266 g/mol. The lowest BCUT2D eigenvalue weighted by atomic mass is 10.1. The summed E-state index contributed by atoms with van der Waals surface area (Å²) in [6, 6.07) is 0. The fraction of sp³-hybridized carbons (Fsp3) is 0.667. The van der Waals surface area contributed by atoms with Crippen LogP contribution in [0.15, 0.2) is 5.10 Å². The highest BCUT2D eigenvalue weighted by Gasteiger charge is 2.26. The smallest absolute Gasteiger partial charge is 0.270 e. The molecule has 2 heterocycles. The summed E-state index contributed by atoms with van der Waals surface area (Å²) in [6.07, 6.45) is 0.715. The topological polar surface area (TPSA) is 82.1 Å². The van der Waals surface area contributed by atoms with Gasteiger partial charge in [-0.15, -0.1) is 0 Å². The fourth-order valence-corrected chi connectivity index (χ4v) is 2.23. The van der Waals surface area contributed by atoms with E-state index in [2.05, 4.69) is 10.5 Å². The van der Waals surface area contributed by atoms with Gasteiger partial charge in [-0.3, -0.25) is 19.3 Å². The quantitative estimate of drug-likeness (QED) is 0.709. The molecular weight excluding hydrogens is 248 g/mol. The van der Waals surface area contributed by atoms with Crippen molar-refractivity contribution in [2.24, 2.45) is 5.10 Å². The molecule has 2 aliphatic rings. The fourth-order valence-electron chi connectivity index (χ4n) is 2.23. The van der Waals surface area contributed by atoms with Crippen LogP contribution < -0.4 is 5.43 Å². The Balaban J connectivity index is 1.86. The summed E-state index contributed by atoms with van der Waals surface area (Å²) in [4.78, 5) is 37.9. The van der Waals surface area contributed by atoms with Crippen molar-refractivity contribution >= 4 is 23.3 Å². The zero-order valence-electron chi connectivity index (χ0n) is 11.0. The minimum atomic E-state index is -0.150. The molecule has 0 spiro atoms. The predicted molar refractivity (Wildman–Crippen MR) is 68.5 cm³/mol. The molecule has 0 atom stereocenters. The highest BCUT2D eigenvalue weighted by atomic mass is 16.2. The molecule has 104 valence electrons. The largest absolute Gasteiger partial charge is 0.335 e. The number of amides is 2. The number of carbonyl (C=O) groups excluding carboxylic acids is 3. The molecule has 7 heteroatoms. The van der Waals surface area contributed by atoms with Gasteiger partial charge in [-0.1, -0.05) is 0 Å². The molecular formula is C12H18N4O3. The molecule has 0 aliphatic carbocycles. The predicted octanol–water partition coefficient (Wildman–Crippen LogP) is -1.01. The highest BCUT2D eigenvalue weighted by Crippen LogP contribution is 2.07. The van der Waals surface area contributed by atoms with Crippen LogP contribution in [0.25, 0.3) is 0 Å². The molecule has 1 saturated heterocycles. The molecule has 2 amide bonds. The van der Waals surface area contributed by atoms with Gasteiger partial charge in [0, 0.05) is 39.0 Å². The Hall–Kier alpha value is -1.76. The number of Topliss-reactive ketones (excluding diaryl/α,β-unsaturated/α-hetero) is 1. The molecule has 0 aromatic heterocycles. The Labute approximate surface area is 111 Å². The first-order chi connectivity index (χ1) is 9.06. The number of carbonyl (C=O) groups is 3. The summed E-state index contributed by atoms with van der Waals surface area (Å²) < 4.78 is 0. The van der Waals surface area contributed by atoms with E-state index in [1.54, 1.807) is 11.8 Å². The van der Waals surface area contributed by atoms with Gasteiger partial charge in [0.05, 0.1) is 6.54 Å². The first-order valence-electron chi connectivity index (χ1n) is 6.42. The second kappa shape index (κ2) is 5.92. The van der Waals surface area contributed by atoms with Gasteiger partial charge >= 0.3 is 0 Å². The number of rotatable bonds is 3. The maximum Gasteiger partial charge on any atom is 0.270 e. The Morgan fingerprint density at radius 3 is 2.42 bits per heavy atom. The summed E-state index contributed by atoms with van der Waals surface area (Å²) in [6.45, 7) is 4.60. The normalized spacial score (nSPS) is 20.8. The van der Waals surface area contributed by atoms with Crippen molar-refractivity contribution in [3.05, 3.63) is 0 Å². The number of nitrogens with one attached hydrogen (secondary N) is 1. The second-order valence-corrected chi connectivity index (χ2v) is 4.86. The van der Waals surface area contributed by atoms with E-state index in [1.165, 1.54) is 0 Å². The van der Waals surface area contributed by atoms with E-state index < -0.39 is 0 Å². The molecule has 1 fully saturated rings. The lowest BCUT2D eigenvalue weighted by Gasteiger charge is -2.34. The van der Waals surface area contributed by atoms with Crippen molar-refractivity contribution in [1.82, 2.24) is 15.2 Å². The van der Waals surface area contributed by atoms with Crippen LogP contribution in [0.5, 0.6) is 0 Å². The zero-order valence-corrected chi connectivity index (χ0v) is 11.0. The highest BCUT2D eigenvalue weighted by molar-refractivity contribution is 6.39. The van der Waals surface area contributed by atoms with Gasteiger partial charge in [0.25, 0.3) is 5.91 Å². The Morgan fingerprint density at radius 1 is 1.21 bits per heavy atom. The maximum atomic E-state index is 12.1. The van der Waals surface area contributed by atoms with Crippen molar-refractivity contribution in [3.63, 3.8) is 0 Å². The van der Waals surface area contributed by atoms with Crippen LogP contribution in [0, 0.1) is 0 Å². The number of piperazine rings is 1. The first-order valence-corrected chi connectivity index (χ1v) is 6.42. The zero-order chi connectivity index (χ0) is 13.8. The molecule has 7 nitrogen and oxygen atoms in total. The van der Waals surface area contributed by atoms with Crippen LogP contribution >= 0.6 is 0 Å². The van der Waals surface area contributed by atoms with Gasteiger partial charge in [-0.25, -0.2) is 5.43 Å². The molecule has 1 N–H and O–H groups in total. The Morgan fingerprint density at radius 2 is 1.89 bits per heavy atom. The van der Waals surface area contributed by atoms with Crippen molar-refractivity contribution in [3.8, 4) is 0 Å². The summed E-state index contributed by atoms with van der Waals surface area (Å²) >= 11 is 0. The molecule has 19 heavy (non-hydrogen) atoms. The van der Waals surface area contributed by atoms with E-state index in [-0.39, 0.29) is 17.6 Å². The SMILES string of the molecule is CC(=O)CN1CCN(C(=O)C2=NNC(=O)CC2)CC1. The van der Waals surface area contributed by atoms with Gasteiger partial charge in [0.2, 0.25) is 5.91 Å². The van der Waals surface area contributed by atoms with E-state index in [4.69, 9.17) is 0 Å². The van der Waals surface area contributed by atoms with Crippen LogP contribution in [-0.2, 0) is 14.4 Å². The number of hydrogen-bond acceptors (Lipinski definition) is 5. The van der Waals surface area contributed by atoms with Crippen molar-refractivity contribution in [2.75, 3.05) is 32.7 Å². The van der Waals surface area contributed by atoms with Gasteiger partial charge in [0.1, 0.15) is 11.5 Å². The van der Waals surface area contributed by atoms with Crippen LogP contribution in [-0.4, -0.2) is 65.8 Å². The number of nitrogens with zero attached hydrogens (tertiary/aromatic N) is 3. The molecule has 2 aliphatic heterocycles. The number of hydrazone groups is 1. The molecule has 0 unspecified atom stereocenters. The number of ketones is 1. The van der Waals surface area contributed by atoms with E-state index >= 15 is 0 Å². The van der Waals surface area contributed by atoms with Crippen molar-refractivity contribution in [1.29, 1.82) is 0 Å².